The average Bonchev–Trinajstić information content (AvgIpc) is 2.84. The van der Waals surface area contributed by atoms with Gasteiger partial charge in [0.2, 0.25) is 11.9 Å². The summed E-state index contributed by atoms with van der Waals surface area (Å²) in [5.74, 6) is 0.702. The molecule has 1 amide bonds. The van der Waals surface area contributed by atoms with Crippen molar-refractivity contribution in [2.75, 3.05) is 38.6 Å². The van der Waals surface area contributed by atoms with Gasteiger partial charge in [-0.1, -0.05) is 6.42 Å². The van der Waals surface area contributed by atoms with E-state index >= 15 is 0 Å². The fourth-order valence-corrected chi connectivity index (χ4v) is 4.00. The number of nitrogens with zero attached hydrogens (tertiary/aromatic N) is 3. The summed E-state index contributed by atoms with van der Waals surface area (Å²) in [4.78, 5) is 34.5. The molecule has 148 valence electrons. The number of ether oxygens (including phenoxy) is 1. The number of carbonyl (C=O) groups excluding carboxylic acids is 2. The van der Waals surface area contributed by atoms with E-state index in [0.717, 1.165) is 51.0 Å². The molecule has 8 nitrogen and oxygen atoms in total. The summed E-state index contributed by atoms with van der Waals surface area (Å²) in [6.07, 6.45) is 5.40. The number of hydrogen-bond donors (Lipinski definition) is 2. The maximum absolute atomic E-state index is 11.8. The van der Waals surface area contributed by atoms with Crippen molar-refractivity contribution in [3.05, 3.63) is 17.5 Å². The van der Waals surface area contributed by atoms with Crippen LogP contribution in [-0.4, -0.2) is 66.1 Å². The molecular formula is C19H29N5O3. The highest BCUT2D eigenvalue weighted by molar-refractivity contribution is 5.87. The first kappa shape index (κ1) is 19.5. The summed E-state index contributed by atoms with van der Waals surface area (Å²) in [6, 6.07) is 1.90. The van der Waals surface area contributed by atoms with Gasteiger partial charge in [0.25, 0.3) is 0 Å². The van der Waals surface area contributed by atoms with Gasteiger partial charge in [0.15, 0.2) is 5.69 Å². The fraction of sp³-hybridized carbons (Fsp3) is 0.684. The molecule has 2 heterocycles. The van der Waals surface area contributed by atoms with Gasteiger partial charge in [0.1, 0.15) is 0 Å². The van der Waals surface area contributed by atoms with Crippen LogP contribution in [-0.2, 0) is 9.53 Å². The zero-order valence-electron chi connectivity index (χ0n) is 16.2. The van der Waals surface area contributed by atoms with E-state index in [-0.39, 0.29) is 17.6 Å². The molecule has 0 bridgehead atoms. The number of rotatable bonds is 5. The molecule has 3 rings (SSSR count). The fourth-order valence-electron chi connectivity index (χ4n) is 4.00. The molecule has 2 N–H and O–H groups in total. The minimum Gasteiger partial charge on any atom is -0.464 e. The number of aryl methyl sites for hydroxylation is 1. The van der Waals surface area contributed by atoms with Crippen LogP contribution in [0.15, 0.2) is 6.07 Å². The molecule has 0 aromatic carbocycles. The van der Waals surface area contributed by atoms with Crippen LogP contribution in [0.2, 0.25) is 0 Å². The lowest BCUT2D eigenvalue weighted by Crippen LogP contribution is -2.39. The number of carbonyl (C=O) groups is 2. The molecule has 1 aromatic rings. The normalized spacial score (nSPS) is 24.0. The van der Waals surface area contributed by atoms with E-state index in [2.05, 4.69) is 25.5 Å². The van der Waals surface area contributed by atoms with Gasteiger partial charge in [-0.05, 0) is 44.6 Å². The summed E-state index contributed by atoms with van der Waals surface area (Å²) in [5, 5.41) is 6.33. The predicted molar refractivity (Wildman–Crippen MR) is 102 cm³/mol. The monoisotopic (exact) mass is 375 g/mol. The highest BCUT2D eigenvalue weighted by Crippen LogP contribution is 2.27. The second-order valence-corrected chi connectivity index (χ2v) is 7.52. The van der Waals surface area contributed by atoms with Crippen molar-refractivity contribution < 1.29 is 14.3 Å². The molecule has 1 saturated carbocycles. The zero-order chi connectivity index (χ0) is 19.2. The first-order valence-corrected chi connectivity index (χ1v) is 9.73. The van der Waals surface area contributed by atoms with Gasteiger partial charge in [0, 0.05) is 31.4 Å². The molecule has 2 aliphatic rings. The van der Waals surface area contributed by atoms with Crippen LogP contribution in [0.1, 0.15) is 48.3 Å². The predicted octanol–water partition coefficient (Wildman–Crippen LogP) is 1.36. The summed E-state index contributed by atoms with van der Waals surface area (Å²) < 4.78 is 4.76. The number of aromatic nitrogens is 2. The third kappa shape index (κ3) is 5.63. The van der Waals surface area contributed by atoms with E-state index in [0.29, 0.717) is 18.4 Å². The Kier molecular flexibility index (Phi) is 6.60. The average molecular weight is 375 g/mol. The molecule has 1 saturated heterocycles. The van der Waals surface area contributed by atoms with Crippen LogP contribution in [0, 0.1) is 12.8 Å². The third-order valence-electron chi connectivity index (χ3n) is 5.22. The number of anilines is 1. The minimum atomic E-state index is -0.454. The van der Waals surface area contributed by atoms with Crippen LogP contribution < -0.4 is 10.6 Å². The van der Waals surface area contributed by atoms with Gasteiger partial charge in [-0.25, -0.2) is 14.8 Å². The van der Waals surface area contributed by atoms with E-state index in [4.69, 9.17) is 4.74 Å². The summed E-state index contributed by atoms with van der Waals surface area (Å²) in [7, 11) is 1.35. The van der Waals surface area contributed by atoms with Crippen LogP contribution in [0.3, 0.4) is 0 Å². The second-order valence-electron chi connectivity index (χ2n) is 7.52. The van der Waals surface area contributed by atoms with Crippen molar-refractivity contribution in [2.24, 2.45) is 5.92 Å². The number of hydrogen-bond acceptors (Lipinski definition) is 7. The smallest absolute Gasteiger partial charge is 0.356 e. The zero-order valence-corrected chi connectivity index (χ0v) is 16.2. The molecule has 0 radical (unpaired) electrons. The lowest BCUT2D eigenvalue weighted by molar-refractivity contribution is -0.121. The molecule has 1 aliphatic carbocycles. The van der Waals surface area contributed by atoms with E-state index in [9.17, 15) is 9.59 Å². The largest absolute Gasteiger partial charge is 0.464 e. The molecule has 8 heteroatoms. The molecule has 1 aromatic heterocycles. The van der Waals surface area contributed by atoms with Gasteiger partial charge >= 0.3 is 5.97 Å². The number of esters is 1. The van der Waals surface area contributed by atoms with E-state index in [1.807, 2.05) is 6.92 Å². The van der Waals surface area contributed by atoms with Crippen molar-refractivity contribution in [2.45, 2.75) is 45.1 Å². The SMILES string of the molecule is COC(=O)c1cc(C)nc(N[C@@H]2CCC[C@@H](CN3CCCNC(=O)C3)C2)n1. The Bertz CT molecular complexity index is 681. The Hall–Kier alpha value is -2.22. The Morgan fingerprint density at radius 1 is 1.37 bits per heavy atom. The summed E-state index contributed by atoms with van der Waals surface area (Å²) in [6.45, 7) is 5.04. The van der Waals surface area contributed by atoms with Gasteiger partial charge in [0.05, 0.1) is 13.7 Å². The highest BCUT2D eigenvalue weighted by Gasteiger charge is 2.26. The van der Waals surface area contributed by atoms with Crippen molar-refractivity contribution in [1.29, 1.82) is 0 Å². The quantitative estimate of drug-likeness (QED) is 0.750. The topological polar surface area (TPSA) is 96.5 Å². The second kappa shape index (κ2) is 9.12. The first-order valence-electron chi connectivity index (χ1n) is 9.73. The Morgan fingerprint density at radius 3 is 3.04 bits per heavy atom. The Balaban J connectivity index is 1.59. The first-order chi connectivity index (χ1) is 13.0. The molecule has 2 fully saturated rings. The lowest BCUT2D eigenvalue weighted by atomic mass is 9.85. The summed E-state index contributed by atoms with van der Waals surface area (Å²) >= 11 is 0. The third-order valence-corrected chi connectivity index (χ3v) is 5.22. The summed E-state index contributed by atoms with van der Waals surface area (Å²) in [5.41, 5.74) is 1.01. The molecular weight excluding hydrogens is 346 g/mol. The van der Waals surface area contributed by atoms with Gasteiger partial charge in [-0.15, -0.1) is 0 Å². The molecule has 27 heavy (non-hydrogen) atoms. The van der Waals surface area contributed by atoms with E-state index < -0.39 is 5.97 Å². The Morgan fingerprint density at radius 2 is 2.22 bits per heavy atom. The van der Waals surface area contributed by atoms with Crippen molar-refractivity contribution in [3.63, 3.8) is 0 Å². The van der Waals surface area contributed by atoms with Crippen molar-refractivity contribution >= 4 is 17.8 Å². The highest BCUT2D eigenvalue weighted by atomic mass is 16.5. The maximum atomic E-state index is 11.8. The van der Waals surface area contributed by atoms with E-state index in [1.165, 1.54) is 13.5 Å². The minimum absolute atomic E-state index is 0.126. The van der Waals surface area contributed by atoms with Crippen LogP contribution in [0.4, 0.5) is 5.95 Å². The van der Waals surface area contributed by atoms with Crippen LogP contribution in [0.25, 0.3) is 0 Å². The van der Waals surface area contributed by atoms with E-state index in [1.54, 1.807) is 6.07 Å². The van der Waals surface area contributed by atoms with Gasteiger partial charge in [-0.2, -0.15) is 0 Å². The van der Waals surface area contributed by atoms with Crippen LogP contribution >= 0.6 is 0 Å². The number of nitrogens with one attached hydrogen (secondary N) is 2. The molecule has 0 spiro atoms. The van der Waals surface area contributed by atoms with Crippen molar-refractivity contribution in [3.8, 4) is 0 Å². The lowest BCUT2D eigenvalue weighted by Gasteiger charge is -2.33. The number of methoxy groups -OCH3 is 1. The van der Waals surface area contributed by atoms with Crippen molar-refractivity contribution in [1.82, 2.24) is 20.2 Å². The maximum Gasteiger partial charge on any atom is 0.356 e. The Labute approximate surface area is 160 Å². The molecule has 1 aliphatic heterocycles. The van der Waals surface area contributed by atoms with Gasteiger partial charge in [-0.3, -0.25) is 9.69 Å². The van der Waals surface area contributed by atoms with Crippen LogP contribution in [0.5, 0.6) is 0 Å². The number of amides is 1. The molecule has 2 atom stereocenters. The molecule has 0 unspecified atom stereocenters. The van der Waals surface area contributed by atoms with Gasteiger partial charge < -0.3 is 15.4 Å². The standard InChI is InChI=1S/C19H29N5O3/c1-13-9-16(18(26)27-2)23-19(21-13)22-15-6-3-5-14(10-15)11-24-8-4-7-20-17(25)12-24/h9,14-15H,3-8,10-12H2,1-2H3,(H,20,25)(H,21,22,23)/t14-,15-/m1/s1.